The molecule has 1 aliphatic heterocycles. The summed E-state index contributed by atoms with van der Waals surface area (Å²) in [5, 5.41) is 6.54. The van der Waals surface area contributed by atoms with Crippen molar-refractivity contribution in [2.75, 3.05) is 26.7 Å². The van der Waals surface area contributed by atoms with Crippen molar-refractivity contribution in [2.24, 2.45) is 0 Å². The van der Waals surface area contributed by atoms with E-state index in [0.717, 1.165) is 42.9 Å². The van der Waals surface area contributed by atoms with Crippen molar-refractivity contribution in [2.45, 2.75) is 97.1 Å². The lowest BCUT2D eigenvalue weighted by Crippen LogP contribution is -2.53. The zero-order valence-corrected chi connectivity index (χ0v) is 29.5. The van der Waals surface area contributed by atoms with Gasteiger partial charge in [0, 0.05) is 39.5 Å². The van der Waals surface area contributed by atoms with Gasteiger partial charge in [0.2, 0.25) is 5.91 Å². The zero-order valence-electron chi connectivity index (χ0n) is 28.5. The Kier molecular flexibility index (Phi) is 11.5. The SMILES string of the molecule is Cc1cn(COCC[Si](C)(C)C)c2nccc(Oc3ccc(C[C@H](NC(=O)OC(C)(C)C)C(=O)NC4CCN(C)CC4)cc3F)c12. The van der Waals surface area contributed by atoms with Crippen LogP contribution in [0.4, 0.5) is 9.18 Å². The maximum Gasteiger partial charge on any atom is 0.408 e. The maximum atomic E-state index is 15.5. The second-order valence-electron chi connectivity index (χ2n) is 14.5. The number of aryl methyl sites for hydroxylation is 1. The number of rotatable bonds is 12. The molecule has 252 valence electrons. The van der Waals surface area contributed by atoms with Crippen LogP contribution in [0, 0.1) is 12.7 Å². The topological polar surface area (TPSA) is 107 Å². The Bertz CT molecular complexity index is 1510. The number of likely N-dealkylation sites (tertiary alicyclic amines) is 1. The Labute approximate surface area is 273 Å². The van der Waals surface area contributed by atoms with Gasteiger partial charge in [-0.3, -0.25) is 4.79 Å². The molecule has 1 aromatic carbocycles. The summed E-state index contributed by atoms with van der Waals surface area (Å²) in [6, 6.07) is 6.43. The molecule has 1 fully saturated rings. The number of fused-ring (bicyclic) bond motifs is 1. The van der Waals surface area contributed by atoms with Crippen molar-refractivity contribution < 1.29 is 28.2 Å². The number of alkyl carbamates (subject to hydrolysis) is 1. The Hall–Kier alpha value is -3.48. The average molecular weight is 656 g/mol. The molecule has 0 spiro atoms. The quantitative estimate of drug-likeness (QED) is 0.176. The maximum absolute atomic E-state index is 15.5. The van der Waals surface area contributed by atoms with Gasteiger partial charge < -0.3 is 34.3 Å². The van der Waals surface area contributed by atoms with E-state index in [4.69, 9.17) is 14.2 Å². The van der Waals surface area contributed by atoms with E-state index >= 15 is 4.39 Å². The first-order valence-corrected chi connectivity index (χ1v) is 19.8. The number of nitrogens with one attached hydrogen (secondary N) is 2. The molecule has 2 aromatic heterocycles. The van der Waals surface area contributed by atoms with Gasteiger partial charge in [-0.05, 0) is 96.0 Å². The van der Waals surface area contributed by atoms with Crippen molar-refractivity contribution in [3.63, 3.8) is 0 Å². The van der Waals surface area contributed by atoms with Gasteiger partial charge in [0.15, 0.2) is 11.6 Å². The van der Waals surface area contributed by atoms with Crippen LogP contribution in [0.2, 0.25) is 25.7 Å². The number of ether oxygens (including phenoxy) is 3. The summed E-state index contributed by atoms with van der Waals surface area (Å²) in [6.07, 6.45) is 4.61. The van der Waals surface area contributed by atoms with Crippen molar-refractivity contribution in [3.05, 3.63) is 53.6 Å². The number of aromatic nitrogens is 2. The summed E-state index contributed by atoms with van der Waals surface area (Å²) in [4.78, 5) is 32.7. The third-order valence-electron chi connectivity index (χ3n) is 7.86. The highest BCUT2D eigenvalue weighted by molar-refractivity contribution is 6.76. The van der Waals surface area contributed by atoms with Gasteiger partial charge in [0.25, 0.3) is 0 Å². The van der Waals surface area contributed by atoms with E-state index in [0.29, 0.717) is 30.3 Å². The van der Waals surface area contributed by atoms with E-state index in [2.05, 4.69) is 40.2 Å². The molecule has 0 aliphatic carbocycles. The monoisotopic (exact) mass is 655 g/mol. The van der Waals surface area contributed by atoms with Crippen LogP contribution in [0.1, 0.15) is 44.7 Å². The number of hydrogen-bond acceptors (Lipinski definition) is 7. The van der Waals surface area contributed by atoms with Crippen LogP contribution in [0.5, 0.6) is 11.5 Å². The van der Waals surface area contributed by atoms with Crippen LogP contribution in [0.15, 0.2) is 36.7 Å². The molecule has 1 saturated heterocycles. The van der Waals surface area contributed by atoms with Crippen molar-refractivity contribution in [1.29, 1.82) is 0 Å². The molecular formula is C34H50FN5O5Si. The molecule has 3 aromatic rings. The van der Waals surface area contributed by atoms with Crippen LogP contribution in [0.25, 0.3) is 11.0 Å². The average Bonchev–Trinajstić information content (AvgIpc) is 3.28. The minimum absolute atomic E-state index is 0.00591. The van der Waals surface area contributed by atoms with Gasteiger partial charge >= 0.3 is 6.09 Å². The molecule has 1 atom stereocenters. The number of benzene rings is 1. The Morgan fingerprint density at radius 3 is 2.50 bits per heavy atom. The molecule has 2 N–H and O–H groups in total. The normalized spacial score (nSPS) is 15.5. The summed E-state index contributed by atoms with van der Waals surface area (Å²) < 4.78 is 34.9. The number of nitrogens with zero attached hydrogens (tertiary/aromatic N) is 3. The van der Waals surface area contributed by atoms with Gasteiger partial charge in [-0.2, -0.15) is 0 Å². The molecule has 0 saturated carbocycles. The smallest absolute Gasteiger partial charge is 0.408 e. The van der Waals surface area contributed by atoms with E-state index in [-0.39, 0.29) is 24.1 Å². The summed E-state index contributed by atoms with van der Waals surface area (Å²) in [5.74, 6) is -0.384. The van der Waals surface area contributed by atoms with Crippen molar-refractivity contribution in [1.82, 2.24) is 25.1 Å². The third kappa shape index (κ3) is 10.3. The molecule has 2 amide bonds. The minimum atomic E-state index is -1.20. The second-order valence-corrected chi connectivity index (χ2v) is 20.1. The minimum Gasteiger partial charge on any atom is -0.453 e. The molecule has 46 heavy (non-hydrogen) atoms. The highest BCUT2D eigenvalue weighted by Crippen LogP contribution is 2.34. The molecule has 3 heterocycles. The number of hydrogen-bond donors (Lipinski definition) is 2. The van der Waals surface area contributed by atoms with Gasteiger partial charge in [0.1, 0.15) is 29.8 Å². The number of carbonyl (C=O) groups is 2. The molecule has 0 bridgehead atoms. The number of piperidine rings is 1. The fraction of sp³-hybridized carbons (Fsp3) is 0.559. The summed E-state index contributed by atoms with van der Waals surface area (Å²) in [5.41, 5.74) is 1.44. The molecule has 12 heteroatoms. The standard InChI is InChI=1S/C34H50FN5O5Si/c1-23-21-40(22-43-17-18-46(6,7)8)31-30(23)29(11-14-36-31)44-28-10-9-24(19-26(28)35)20-27(38-33(42)45-34(2,3)4)32(41)37-25-12-15-39(5)16-13-25/h9-11,14,19,21,25,27H,12-13,15-18,20,22H2,1-8H3,(H,37,41)(H,38,42)/t27-/m0/s1. The van der Waals surface area contributed by atoms with Gasteiger partial charge in [-0.15, -0.1) is 0 Å². The van der Waals surface area contributed by atoms with Crippen LogP contribution in [0.3, 0.4) is 0 Å². The van der Waals surface area contributed by atoms with Crippen molar-refractivity contribution in [3.8, 4) is 11.5 Å². The second kappa shape index (κ2) is 15.0. The van der Waals surface area contributed by atoms with E-state index in [9.17, 15) is 9.59 Å². The highest BCUT2D eigenvalue weighted by atomic mass is 28.3. The summed E-state index contributed by atoms with van der Waals surface area (Å²) in [6.45, 7) is 17.0. The van der Waals surface area contributed by atoms with E-state index in [1.807, 2.05) is 24.7 Å². The number of carbonyl (C=O) groups excluding carboxylic acids is 2. The molecule has 1 aliphatic rings. The van der Waals surface area contributed by atoms with Crippen LogP contribution in [-0.4, -0.2) is 79.0 Å². The van der Waals surface area contributed by atoms with Crippen LogP contribution >= 0.6 is 0 Å². The van der Waals surface area contributed by atoms with E-state index in [1.165, 1.54) is 6.07 Å². The Morgan fingerprint density at radius 1 is 1.13 bits per heavy atom. The zero-order chi connectivity index (χ0) is 33.6. The van der Waals surface area contributed by atoms with Crippen molar-refractivity contribution >= 4 is 31.1 Å². The fourth-order valence-electron chi connectivity index (χ4n) is 5.33. The fourth-order valence-corrected chi connectivity index (χ4v) is 6.09. The number of amides is 2. The summed E-state index contributed by atoms with van der Waals surface area (Å²) >= 11 is 0. The van der Waals surface area contributed by atoms with E-state index < -0.39 is 31.6 Å². The van der Waals surface area contributed by atoms with Gasteiger partial charge in [0.05, 0.1) is 5.39 Å². The first-order chi connectivity index (χ1) is 21.6. The lowest BCUT2D eigenvalue weighted by atomic mass is 10.0. The van der Waals surface area contributed by atoms with E-state index in [1.54, 1.807) is 45.2 Å². The first-order valence-electron chi connectivity index (χ1n) is 16.0. The largest absolute Gasteiger partial charge is 0.453 e. The first kappa shape index (κ1) is 35.4. The lowest BCUT2D eigenvalue weighted by Gasteiger charge is -2.31. The van der Waals surface area contributed by atoms with Crippen LogP contribution in [-0.2, 0) is 27.4 Å². The Balaban J connectivity index is 1.48. The molecule has 10 nitrogen and oxygen atoms in total. The Morgan fingerprint density at radius 2 is 1.85 bits per heavy atom. The molecule has 0 unspecified atom stereocenters. The molecule has 4 rings (SSSR count). The predicted octanol–water partition coefficient (Wildman–Crippen LogP) is 6.23. The third-order valence-corrected chi connectivity index (χ3v) is 9.57. The van der Waals surface area contributed by atoms with Gasteiger partial charge in [-0.25, -0.2) is 14.2 Å². The van der Waals surface area contributed by atoms with Crippen LogP contribution < -0.4 is 15.4 Å². The summed E-state index contributed by atoms with van der Waals surface area (Å²) in [7, 11) is 0.850. The number of halogens is 1. The molecular weight excluding hydrogens is 605 g/mol. The molecule has 0 radical (unpaired) electrons. The predicted molar refractivity (Wildman–Crippen MR) is 181 cm³/mol. The van der Waals surface area contributed by atoms with Gasteiger partial charge in [-0.1, -0.05) is 25.7 Å². The highest BCUT2D eigenvalue weighted by Gasteiger charge is 2.28. The lowest BCUT2D eigenvalue weighted by molar-refractivity contribution is -0.124. The number of pyridine rings is 1.